The van der Waals surface area contributed by atoms with Crippen molar-refractivity contribution < 1.29 is 19.2 Å². The number of rotatable bonds is 6. The predicted molar refractivity (Wildman–Crippen MR) is 123 cm³/mol. The molecule has 4 rings (SSSR count). The lowest BCUT2D eigenvalue weighted by Gasteiger charge is -2.25. The highest BCUT2D eigenvalue weighted by Gasteiger charge is 2.34. The van der Waals surface area contributed by atoms with Gasteiger partial charge >= 0.3 is 0 Å². The highest BCUT2D eigenvalue weighted by molar-refractivity contribution is 8.00. The number of hydrogen-bond donors (Lipinski definition) is 1. The lowest BCUT2D eigenvalue weighted by molar-refractivity contribution is -0.384. The van der Waals surface area contributed by atoms with Crippen molar-refractivity contribution in [3.8, 4) is 5.75 Å². The lowest BCUT2D eigenvalue weighted by Crippen LogP contribution is -2.27. The van der Waals surface area contributed by atoms with Gasteiger partial charge in [0, 0.05) is 35.1 Å². The molecular weight excluding hydrogens is 430 g/mol. The Hall–Kier alpha value is -3.85. The van der Waals surface area contributed by atoms with Crippen LogP contribution in [0.4, 0.5) is 17.1 Å². The largest absolute Gasteiger partial charge is 0.497 e. The third-order valence-electron chi connectivity index (χ3n) is 4.95. The molecular formula is C23H19N3O5S. The molecule has 32 heavy (non-hydrogen) atoms. The topological polar surface area (TPSA) is 102 Å². The summed E-state index contributed by atoms with van der Waals surface area (Å²) in [5.41, 5.74) is 2.15. The number of hydrogen-bond acceptors (Lipinski definition) is 6. The average Bonchev–Trinajstić information content (AvgIpc) is 3.20. The molecule has 0 bridgehead atoms. The van der Waals surface area contributed by atoms with E-state index in [1.165, 1.54) is 36.0 Å². The zero-order valence-corrected chi connectivity index (χ0v) is 17.9. The van der Waals surface area contributed by atoms with E-state index < -0.39 is 10.8 Å². The standard InChI is InChI=1S/C23H19N3O5S/c1-31-20-10-4-8-18(13-20)25-21(27)14-32-23(25)16-6-2-7-17(11-16)24-22(28)15-5-3-9-19(12-15)26(29)30/h2-13,23H,14H2,1H3,(H,24,28). The van der Waals surface area contributed by atoms with Crippen molar-refractivity contribution in [1.29, 1.82) is 0 Å². The Balaban J connectivity index is 1.58. The van der Waals surface area contributed by atoms with Gasteiger partial charge in [-0.05, 0) is 35.9 Å². The summed E-state index contributed by atoms with van der Waals surface area (Å²) in [5.74, 6) is 0.528. The molecule has 1 fully saturated rings. The van der Waals surface area contributed by atoms with Crippen molar-refractivity contribution in [2.75, 3.05) is 23.1 Å². The van der Waals surface area contributed by atoms with E-state index in [2.05, 4.69) is 5.32 Å². The van der Waals surface area contributed by atoms with Crippen molar-refractivity contribution in [2.24, 2.45) is 0 Å². The molecule has 0 radical (unpaired) electrons. The van der Waals surface area contributed by atoms with Gasteiger partial charge in [0.1, 0.15) is 11.1 Å². The number of benzene rings is 3. The summed E-state index contributed by atoms with van der Waals surface area (Å²) >= 11 is 1.50. The summed E-state index contributed by atoms with van der Waals surface area (Å²) in [6.07, 6.45) is 0. The van der Waals surface area contributed by atoms with Crippen LogP contribution in [-0.4, -0.2) is 29.6 Å². The van der Waals surface area contributed by atoms with E-state index in [1.54, 1.807) is 30.2 Å². The summed E-state index contributed by atoms with van der Waals surface area (Å²) in [7, 11) is 1.57. The molecule has 0 saturated carbocycles. The third kappa shape index (κ3) is 4.42. The first kappa shape index (κ1) is 21.4. The van der Waals surface area contributed by atoms with E-state index in [0.29, 0.717) is 17.2 Å². The minimum absolute atomic E-state index is 0.0145. The van der Waals surface area contributed by atoms with Gasteiger partial charge in [0.05, 0.1) is 17.8 Å². The van der Waals surface area contributed by atoms with E-state index in [1.807, 2.05) is 30.3 Å². The second-order valence-corrected chi connectivity index (χ2v) is 8.08. The molecule has 3 aromatic rings. The molecule has 2 amide bonds. The highest BCUT2D eigenvalue weighted by atomic mass is 32.2. The van der Waals surface area contributed by atoms with Crippen LogP contribution in [0.1, 0.15) is 21.3 Å². The van der Waals surface area contributed by atoms with E-state index in [0.717, 1.165) is 11.3 Å². The Morgan fingerprint density at radius 1 is 1.12 bits per heavy atom. The van der Waals surface area contributed by atoms with Crippen LogP contribution < -0.4 is 15.0 Å². The second-order valence-electron chi connectivity index (χ2n) is 7.02. The van der Waals surface area contributed by atoms with Gasteiger partial charge < -0.3 is 10.1 Å². The zero-order chi connectivity index (χ0) is 22.7. The second kappa shape index (κ2) is 9.11. The first-order valence-corrected chi connectivity index (χ1v) is 10.7. The molecule has 1 aliphatic heterocycles. The highest BCUT2D eigenvalue weighted by Crippen LogP contribution is 2.42. The Morgan fingerprint density at radius 2 is 1.91 bits per heavy atom. The maximum atomic E-state index is 12.6. The zero-order valence-electron chi connectivity index (χ0n) is 17.1. The molecule has 0 spiro atoms. The van der Waals surface area contributed by atoms with Gasteiger partial charge in [-0.1, -0.05) is 24.3 Å². The fraction of sp³-hybridized carbons (Fsp3) is 0.130. The normalized spacial score (nSPS) is 15.5. The Labute approximate surface area is 188 Å². The quantitative estimate of drug-likeness (QED) is 0.435. The third-order valence-corrected chi connectivity index (χ3v) is 6.16. The van der Waals surface area contributed by atoms with Gasteiger partial charge in [0.25, 0.3) is 11.6 Å². The van der Waals surface area contributed by atoms with Crippen LogP contribution in [0.25, 0.3) is 0 Å². The Kier molecular flexibility index (Phi) is 6.09. The number of thioether (sulfide) groups is 1. The molecule has 1 heterocycles. The van der Waals surface area contributed by atoms with E-state index in [-0.39, 0.29) is 22.5 Å². The van der Waals surface area contributed by atoms with Crippen LogP contribution in [0.5, 0.6) is 5.75 Å². The summed E-state index contributed by atoms with van der Waals surface area (Å²) in [6, 6.07) is 20.1. The maximum Gasteiger partial charge on any atom is 0.270 e. The Morgan fingerprint density at radius 3 is 2.69 bits per heavy atom. The molecule has 8 nitrogen and oxygen atoms in total. The number of carbonyl (C=O) groups is 2. The molecule has 1 N–H and O–H groups in total. The number of methoxy groups -OCH3 is 1. The maximum absolute atomic E-state index is 12.6. The van der Waals surface area contributed by atoms with Crippen molar-refractivity contribution in [1.82, 2.24) is 0 Å². The summed E-state index contributed by atoms with van der Waals surface area (Å²) in [5, 5.41) is 13.5. The van der Waals surface area contributed by atoms with Crippen LogP contribution in [0.2, 0.25) is 0 Å². The van der Waals surface area contributed by atoms with Gasteiger partial charge in [0.15, 0.2) is 0 Å². The fourth-order valence-corrected chi connectivity index (χ4v) is 4.61. The van der Waals surface area contributed by atoms with Crippen molar-refractivity contribution >= 4 is 40.6 Å². The smallest absolute Gasteiger partial charge is 0.270 e. The van der Waals surface area contributed by atoms with Crippen LogP contribution in [-0.2, 0) is 4.79 Å². The molecule has 1 atom stereocenters. The van der Waals surface area contributed by atoms with Crippen molar-refractivity contribution in [2.45, 2.75) is 5.37 Å². The van der Waals surface area contributed by atoms with Crippen LogP contribution in [0.3, 0.4) is 0 Å². The van der Waals surface area contributed by atoms with E-state index in [4.69, 9.17) is 4.74 Å². The van der Waals surface area contributed by atoms with Gasteiger partial charge in [-0.15, -0.1) is 11.8 Å². The number of amides is 2. The number of anilines is 2. The number of nitro groups is 1. The number of ether oxygens (including phenoxy) is 1. The number of carbonyl (C=O) groups excluding carboxylic acids is 2. The first-order valence-electron chi connectivity index (χ1n) is 9.70. The SMILES string of the molecule is COc1cccc(N2C(=O)CSC2c2cccc(NC(=O)c3cccc([N+](=O)[O-])c3)c2)c1. The molecule has 3 aromatic carbocycles. The fourth-order valence-electron chi connectivity index (χ4n) is 3.44. The monoisotopic (exact) mass is 449 g/mol. The van der Waals surface area contributed by atoms with Gasteiger partial charge in [-0.3, -0.25) is 24.6 Å². The minimum atomic E-state index is -0.543. The van der Waals surface area contributed by atoms with Gasteiger partial charge in [-0.2, -0.15) is 0 Å². The molecule has 1 unspecified atom stereocenters. The van der Waals surface area contributed by atoms with Gasteiger partial charge in [0.2, 0.25) is 5.91 Å². The average molecular weight is 449 g/mol. The van der Waals surface area contributed by atoms with Crippen LogP contribution >= 0.6 is 11.8 Å². The number of nitrogens with one attached hydrogen (secondary N) is 1. The minimum Gasteiger partial charge on any atom is -0.497 e. The number of nitrogens with zero attached hydrogens (tertiary/aromatic N) is 2. The molecule has 0 aliphatic carbocycles. The molecule has 1 aliphatic rings. The number of nitro benzene ring substituents is 1. The summed E-state index contributed by atoms with van der Waals surface area (Å²) in [4.78, 5) is 37.4. The van der Waals surface area contributed by atoms with E-state index in [9.17, 15) is 19.7 Å². The van der Waals surface area contributed by atoms with E-state index >= 15 is 0 Å². The van der Waals surface area contributed by atoms with Crippen LogP contribution in [0.15, 0.2) is 72.8 Å². The first-order chi connectivity index (χ1) is 15.5. The molecule has 162 valence electrons. The Bertz CT molecular complexity index is 1200. The molecule has 9 heteroatoms. The van der Waals surface area contributed by atoms with Gasteiger partial charge in [-0.25, -0.2) is 0 Å². The molecule has 1 saturated heterocycles. The lowest BCUT2D eigenvalue weighted by atomic mass is 10.1. The predicted octanol–water partition coefficient (Wildman–Crippen LogP) is 4.63. The summed E-state index contributed by atoms with van der Waals surface area (Å²) in [6.45, 7) is 0. The van der Waals surface area contributed by atoms with Crippen molar-refractivity contribution in [3.05, 3.63) is 94.0 Å². The summed E-state index contributed by atoms with van der Waals surface area (Å²) < 4.78 is 5.28. The van der Waals surface area contributed by atoms with Crippen LogP contribution in [0, 0.1) is 10.1 Å². The molecule has 0 aromatic heterocycles. The van der Waals surface area contributed by atoms with Crippen molar-refractivity contribution in [3.63, 3.8) is 0 Å². The number of non-ortho nitro benzene ring substituents is 1.